The van der Waals surface area contributed by atoms with E-state index in [4.69, 9.17) is 21.8 Å². The standard InChI is InChI=1S/C16H21ClN2O/c1-9-12(18)6-5-11(16(9,2)3)15-19-13-8-10(17)4-7-14(13)20-15/h4,7-9,11-12H,5-6,18H2,1-3H3. The Balaban J connectivity index is 2.01. The van der Waals surface area contributed by atoms with Crippen LogP contribution in [0.25, 0.3) is 11.1 Å². The van der Waals surface area contributed by atoms with Crippen LogP contribution >= 0.6 is 11.6 Å². The van der Waals surface area contributed by atoms with Gasteiger partial charge in [0.05, 0.1) is 0 Å². The van der Waals surface area contributed by atoms with E-state index in [0.717, 1.165) is 29.8 Å². The lowest BCUT2D eigenvalue weighted by Gasteiger charge is -2.45. The van der Waals surface area contributed by atoms with E-state index in [1.807, 2.05) is 18.2 Å². The van der Waals surface area contributed by atoms with Crippen LogP contribution < -0.4 is 5.73 Å². The van der Waals surface area contributed by atoms with Gasteiger partial charge in [0.15, 0.2) is 11.5 Å². The summed E-state index contributed by atoms with van der Waals surface area (Å²) in [4.78, 5) is 4.66. The van der Waals surface area contributed by atoms with Crippen LogP contribution in [0, 0.1) is 11.3 Å². The molecule has 3 rings (SSSR count). The van der Waals surface area contributed by atoms with Crippen molar-refractivity contribution in [3.63, 3.8) is 0 Å². The van der Waals surface area contributed by atoms with Crippen LogP contribution in [-0.2, 0) is 0 Å². The number of halogens is 1. The molecule has 0 aliphatic heterocycles. The van der Waals surface area contributed by atoms with E-state index in [-0.39, 0.29) is 11.5 Å². The van der Waals surface area contributed by atoms with Gasteiger partial charge in [-0.1, -0.05) is 32.4 Å². The molecule has 0 amide bonds. The Morgan fingerprint density at radius 2 is 2.10 bits per heavy atom. The first-order valence-electron chi connectivity index (χ1n) is 7.21. The maximum atomic E-state index is 6.22. The van der Waals surface area contributed by atoms with Gasteiger partial charge >= 0.3 is 0 Å². The molecule has 1 saturated carbocycles. The molecule has 1 fully saturated rings. The van der Waals surface area contributed by atoms with Gasteiger partial charge in [-0.2, -0.15) is 0 Å². The lowest BCUT2D eigenvalue weighted by atomic mass is 9.61. The zero-order valence-electron chi connectivity index (χ0n) is 12.2. The molecule has 0 saturated heterocycles. The molecule has 1 aromatic carbocycles. The van der Waals surface area contributed by atoms with Crippen molar-refractivity contribution < 1.29 is 4.42 Å². The number of fused-ring (bicyclic) bond motifs is 1. The summed E-state index contributed by atoms with van der Waals surface area (Å²) in [7, 11) is 0. The maximum Gasteiger partial charge on any atom is 0.199 e. The first-order chi connectivity index (χ1) is 9.39. The molecular formula is C16H21ClN2O. The second-order valence-corrected chi connectivity index (χ2v) is 7.00. The van der Waals surface area contributed by atoms with Crippen LogP contribution in [0.2, 0.25) is 5.02 Å². The fourth-order valence-electron chi connectivity index (χ4n) is 3.36. The van der Waals surface area contributed by atoms with Gasteiger partial charge in [0.25, 0.3) is 0 Å². The molecule has 1 aliphatic carbocycles. The van der Waals surface area contributed by atoms with Crippen molar-refractivity contribution in [2.75, 3.05) is 0 Å². The zero-order valence-corrected chi connectivity index (χ0v) is 12.9. The predicted octanol–water partition coefficient (Wildman–Crippen LogP) is 4.35. The fraction of sp³-hybridized carbons (Fsp3) is 0.562. The minimum Gasteiger partial charge on any atom is -0.440 e. The number of hydrogen-bond acceptors (Lipinski definition) is 3. The summed E-state index contributed by atoms with van der Waals surface area (Å²) in [6, 6.07) is 5.84. The van der Waals surface area contributed by atoms with E-state index >= 15 is 0 Å². The fourth-order valence-corrected chi connectivity index (χ4v) is 3.53. The number of nitrogens with zero attached hydrogens (tertiary/aromatic N) is 1. The Morgan fingerprint density at radius 3 is 2.85 bits per heavy atom. The molecule has 3 nitrogen and oxygen atoms in total. The molecule has 108 valence electrons. The third kappa shape index (κ3) is 2.13. The summed E-state index contributed by atoms with van der Waals surface area (Å²) >= 11 is 6.01. The van der Waals surface area contributed by atoms with E-state index in [0.29, 0.717) is 16.9 Å². The number of benzene rings is 1. The minimum absolute atomic E-state index is 0.0857. The van der Waals surface area contributed by atoms with Gasteiger partial charge in [0.2, 0.25) is 0 Å². The van der Waals surface area contributed by atoms with Gasteiger partial charge in [-0.25, -0.2) is 4.98 Å². The maximum absolute atomic E-state index is 6.22. The molecule has 1 aliphatic rings. The van der Waals surface area contributed by atoms with Crippen molar-refractivity contribution in [3.8, 4) is 0 Å². The molecular weight excluding hydrogens is 272 g/mol. The number of aromatic nitrogens is 1. The van der Waals surface area contributed by atoms with Crippen molar-refractivity contribution in [3.05, 3.63) is 29.1 Å². The highest BCUT2D eigenvalue weighted by Crippen LogP contribution is 2.49. The van der Waals surface area contributed by atoms with Gasteiger partial charge in [-0.3, -0.25) is 0 Å². The van der Waals surface area contributed by atoms with Crippen LogP contribution in [0.4, 0.5) is 0 Å². The molecule has 20 heavy (non-hydrogen) atoms. The number of rotatable bonds is 1. The van der Waals surface area contributed by atoms with Crippen molar-refractivity contribution in [2.45, 2.75) is 45.6 Å². The molecule has 1 aromatic heterocycles. The van der Waals surface area contributed by atoms with Gasteiger partial charge in [-0.15, -0.1) is 0 Å². The van der Waals surface area contributed by atoms with Crippen molar-refractivity contribution in [1.29, 1.82) is 0 Å². The van der Waals surface area contributed by atoms with Crippen LogP contribution in [0.5, 0.6) is 0 Å². The van der Waals surface area contributed by atoms with Gasteiger partial charge < -0.3 is 10.2 Å². The van der Waals surface area contributed by atoms with Crippen molar-refractivity contribution in [2.24, 2.45) is 17.1 Å². The van der Waals surface area contributed by atoms with E-state index < -0.39 is 0 Å². The first kappa shape index (κ1) is 13.9. The topological polar surface area (TPSA) is 52.0 Å². The Labute approximate surface area is 124 Å². The van der Waals surface area contributed by atoms with Crippen LogP contribution in [0.15, 0.2) is 22.6 Å². The summed E-state index contributed by atoms with van der Waals surface area (Å²) in [5.41, 5.74) is 7.95. The average Bonchev–Trinajstić information content (AvgIpc) is 2.78. The highest BCUT2D eigenvalue weighted by Gasteiger charge is 2.44. The molecule has 3 atom stereocenters. The third-order valence-electron chi connectivity index (χ3n) is 5.17. The SMILES string of the molecule is CC1C(N)CCC(c2nc3cc(Cl)ccc3o2)C1(C)C. The Bertz CT molecular complexity index is 634. The largest absolute Gasteiger partial charge is 0.440 e. The third-order valence-corrected chi connectivity index (χ3v) is 5.40. The number of hydrogen-bond donors (Lipinski definition) is 1. The van der Waals surface area contributed by atoms with E-state index in [1.165, 1.54) is 0 Å². The second kappa shape index (κ2) is 4.74. The number of oxazole rings is 1. The Kier molecular flexibility index (Phi) is 3.30. The molecule has 0 spiro atoms. The van der Waals surface area contributed by atoms with Gasteiger partial charge in [-0.05, 0) is 42.4 Å². The summed E-state index contributed by atoms with van der Waals surface area (Å²) in [5, 5.41) is 0.690. The lowest BCUT2D eigenvalue weighted by Crippen LogP contribution is -2.45. The first-order valence-corrected chi connectivity index (χ1v) is 7.59. The quantitative estimate of drug-likeness (QED) is 0.850. The van der Waals surface area contributed by atoms with Crippen LogP contribution in [0.1, 0.15) is 45.4 Å². The molecule has 0 bridgehead atoms. The average molecular weight is 293 g/mol. The monoisotopic (exact) mass is 292 g/mol. The summed E-state index contributed by atoms with van der Waals surface area (Å²) in [5.74, 6) is 1.58. The lowest BCUT2D eigenvalue weighted by molar-refractivity contribution is 0.0855. The molecule has 2 N–H and O–H groups in total. The van der Waals surface area contributed by atoms with Crippen LogP contribution in [0.3, 0.4) is 0 Å². The van der Waals surface area contributed by atoms with Crippen LogP contribution in [-0.4, -0.2) is 11.0 Å². The molecule has 0 radical (unpaired) electrons. The molecule has 2 aromatic rings. The highest BCUT2D eigenvalue weighted by molar-refractivity contribution is 6.31. The smallest absolute Gasteiger partial charge is 0.199 e. The zero-order chi connectivity index (χ0) is 14.5. The van der Waals surface area contributed by atoms with Crippen molar-refractivity contribution >= 4 is 22.7 Å². The normalized spacial score (nSPS) is 29.8. The van der Waals surface area contributed by atoms with Gasteiger partial charge in [0.1, 0.15) is 5.52 Å². The predicted molar refractivity (Wildman–Crippen MR) is 81.9 cm³/mol. The minimum atomic E-state index is 0.0857. The Morgan fingerprint density at radius 1 is 1.35 bits per heavy atom. The molecule has 3 unspecified atom stereocenters. The summed E-state index contributed by atoms with van der Waals surface area (Å²) < 4.78 is 5.97. The molecule has 4 heteroatoms. The number of nitrogens with two attached hydrogens (primary N) is 1. The Hall–Kier alpha value is -1.06. The summed E-state index contributed by atoms with van der Waals surface area (Å²) in [6.45, 7) is 6.77. The summed E-state index contributed by atoms with van der Waals surface area (Å²) in [6.07, 6.45) is 2.05. The second-order valence-electron chi connectivity index (χ2n) is 6.57. The van der Waals surface area contributed by atoms with Crippen molar-refractivity contribution in [1.82, 2.24) is 4.98 Å². The van der Waals surface area contributed by atoms with E-state index in [9.17, 15) is 0 Å². The molecule has 1 heterocycles. The van der Waals surface area contributed by atoms with Gasteiger partial charge in [0, 0.05) is 17.0 Å². The highest BCUT2D eigenvalue weighted by atomic mass is 35.5. The van der Waals surface area contributed by atoms with E-state index in [1.54, 1.807) is 0 Å². The van der Waals surface area contributed by atoms with E-state index in [2.05, 4.69) is 25.8 Å².